The third kappa shape index (κ3) is 14.2. The number of carbonyl (C=O) groups excluding carboxylic acids is 4. The van der Waals surface area contributed by atoms with Gasteiger partial charge < -0.3 is 34.2 Å². The molecule has 0 amide bonds. The molecule has 2 atom stereocenters. The largest absolute Gasteiger partial charge is 0.514 e. The third-order valence-electron chi connectivity index (χ3n) is 6.29. The standard InChI is InChI=1S/C30H47NO10/c1-10-29(6,7)40-27(34)38-23-14-13-21(17-24(23)39-28(35)41-30(8,9)11-2)16-22(31)26(33)36-18-20(5)37-25(32)15-12-19(3)4/h13-14,17,19-20,22H,10-12,15-16,18,31H2,1-9H3/t20-,22-/m0/s1. The molecule has 0 saturated carbocycles. The highest BCUT2D eigenvalue weighted by molar-refractivity contribution is 5.76. The van der Waals surface area contributed by atoms with Crippen molar-refractivity contribution in [3.05, 3.63) is 23.8 Å². The van der Waals surface area contributed by atoms with E-state index in [1.54, 1.807) is 40.7 Å². The number of carbonyl (C=O) groups is 4. The molecule has 2 N–H and O–H groups in total. The zero-order chi connectivity index (χ0) is 31.4. The topological polar surface area (TPSA) is 150 Å². The Morgan fingerprint density at radius 3 is 1.90 bits per heavy atom. The maximum atomic E-state index is 12.5. The van der Waals surface area contributed by atoms with Gasteiger partial charge in [0.1, 0.15) is 30.0 Å². The molecule has 0 radical (unpaired) electrons. The Hall–Kier alpha value is -3.34. The van der Waals surface area contributed by atoms with Crippen molar-refractivity contribution in [2.45, 2.75) is 118 Å². The van der Waals surface area contributed by atoms with Crippen molar-refractivity contribution in [3.8, 4) is 11.5 Å². The quantitative estimate of drug-likeness (QED) is 0.150. The van der Waals surface area contributed by atoms with Crippen molar-refractivity contribution < 1.29 is 47.6 Å². The molecule has 0 saturated heterocycles. The lowest BCUT2D eigenvalue weighted by Gasteiger charge is -2.24. The molecule has 1 aromatic carbocycles. The summed E-state index contributed by atoms with van der Waals surface area (Å²) in [6, 6.07) is 3.31. The number of esters is 2. The number of ether oxygens (including phenoxy) is 6. The van der Waals surface area contributed by atoms with Crippen LogP contribution in [-0.4, -0.2) is 54.2 Å². The summed E-state index contributed by atoms with van der Waals surface area (Å²) in [4.78, 5) is 49.3. The number of hydrogen-bond donors (Lipinski definition) is 1. The first-order valence-electron chi connectivity index (χ1n) is 14.0. The van der Waals surface area contributed by atoms with Gasteiger partial charge in [-0.25, -0.2) is 9.59 Å². The van der Waals surface area contributed by atoms with Gasteiger partial charge in [0.25, 0.3) is 0 Å². The summed E-state index contributed by atoms with van der Waals surface area (Å²) in [6.07, 6.45) is -0.501. The van der Waals surface area contributed by atoms with Gasteiger partial charge in [-0.3, -0.25) is 9.59 Å². The van der Waals surface area contributed by atoms with Gasteiger partial charge in [0.15, 0.2) is 11.5 Å². The fraction of sp³-hybridized carbons (Fsp3) is 0.667. The summed E-state index contributed by atoms with van der Waals surface area (Å²) < 4.78 is 31.8. The van der Waals surface area contributed by atoms with Gasteiger partial charge in [-0.1, -0.05) is 33.8 Å². The second kappa shape index (κ2) is 16.2. The molecule has 0 unspecified atom stereocenters. The molecule has 11 nitrogen and oxygen atoms in total. The van der Waals surface area contributed by atoms with Gasteiger partial charge in [-0.05, 0) is 83.9 Å². The number of nitrogens with two attached hydrogens (primary N) is 1. The van der Waals surface area contributed by atoms with E-state index in [-0.39, 0.29) is 36.9 Å². The van der Waals surface area contributed by atoms with Crippen LogP contribution in [-0.2, 0) is 35.0 Å². The van der Waals surface area contributed by atoms with Crippen LogP contribution in [0, 0.1) is 5.92 Å². The monoisotopic (exact) mass is 581 g/mol. The van der Waals surface area contributed by atoms with E-state index in [1.165, 1.54) is 12.1 Å². The highest BCUT2D eigenvalue weighted by atomic mass is 16.8. The van der Waals surface area contributed by atoms with Crippen LogP contribution in [0.5, 0.6) is 11.5 Å². The number of rotatable bonds is 15. The Bertz CT molecular complexity index is 1030. The van der Waals surface area contributed by atoms with Gasteiger partial charge in [0, 0.05) is 6.42 Å². The van der Waals surface area contributed by atoms with Gasteiger partial charge in [-0.2, -0.15) is 0 Å². The van der Waals surface area contributed by atoms with Crippen molar-refractivity contribution in [3.63, 3.8) is 0 Å². The second-order valence-corrected chi connectivity index (χ2v) is 11.6. The lowest BCUT2D eigenvalue weighted by atomic mass is 10.1. The minimum atomic E-state index is -1.07. The minimum Gasteiger partial charge on any atom is -0.461 e. The second-order valence-electron chi connectivity index (χ2n) is 11.6. The predicted octanol–water partition coefficient (Wildman–Crippen LogP) is 5.88. The van der Waals surface area contributed by atoms with E-state index >= 15 is 0 Å². The number of hydrogen-bond acceptors (Lipinski definition) is 11. The van der Waals surface area contributed by atoms with Crippen molar-refractivity contribution >= 4 is 24.2 Å². The van der Waals surface area contributed by atoms with Crippen molar-refractivity contribution in [2.75, 3.05) is 6.61 Å². The minimum absolute atomic E-state index is 0.0147. The molecule has 1 rings (SSSR count). The molecule has 0 aliphatic carbocycles. The molecule has 1 aromatic rings. The Morgan fingerprint density at radius 2 is 1.39 bits per heavy atom. The summed E-state index contributed by atoms with van der Waals surface area (Å²) in [6.45, 7) is 16.1. The zero-order valence-corrected chi connectivity index (χ0v) is 25.9. The van der Waals surface area contributed by atoms with Gasteiger partial charge in [0.2, 0.25) is 0 Å². The van der Waals surface area contributed by atoms with Crippen molar-refractivity contribution in [2.24, 2.45) is 11.7 Å². The summed E-state index contributed by atoms with van der Waals surface area (Å²) in [5.74, 6) is -0.887. The Kier molecular flexibility index (Phi) is 14.1. The predicted molar refractivity (Wildman–Crippen MR) is 152 cm³/mol. The zero-order valence-electron chi connectivity index (χ0n) is 25.9. The molecule has 0 bridgehead atoms. The number of benzene rings is 1. The first-order valence-corrected chi connectivity index (χ1v) is 14.0. The average molecular weight is 582 g/mol. The Labute approximate surface area is 243 Å². The SMILES string of the molecule is CCC(C)(C)OC(=O)Oc1ccc(C[C@H](N)C(=O)OC[C@H](C)OC(=O)CCC(C)C)cc1OC(=O)OC(C)(C)CC. The normalized spacial score (nSPS) is 13.1. The summed E-state index contributed by atoms with van der Waals surface area (Å²) in [5, 5.41) is 0. The highest BCUT2D eigenvalue weighted by Crippen LogP contribution is 2.31. The van der Waals surface area contributed by atoms with Crippen LogP contribution < -0.4 is 15.2 Å². The Morgan fingerprint density at radius 1 is 0.854 bits per heavy atom. The van der Waals surface area contributed by atoms with E-state index in [2.05, 4.69) is 0 Å². The van der Waals surface area contributed by atoms with E-state index in [0.717, 1.165) is 0 Å². The van der Waals surface area contributed by atoms with E-state index < -0.39 is 41.6 Å². The molecule has 0 aliphatic heterocycles. The molecule has 0 fully saturated rings. The van der Waals surface area contributed by atoms with E-state index in [4.69, 9.17) is 34.2 Å². The fourth-order valence-corrected chi connectivity index (χ4v) is 3.03. The summed E-state index contributed by atoms with van der Waals surface area (Å²) in [5.41, 5.74) is 5.00. The lowest BCUT2D eigenvalue weighted by Crippen LogP contribution is -2.36. The third-order valence-corrected chi connectivity index (χ3v) is 6.29. The first-order chi connectivity index (χ1) is 19.0. The van der Waals surface area contributed by atoms with Crippen LogP contribution in [0.15, 0.2) is 18.2 Å². The Balaban J connectivity index is 2.94. The lowest BCUT2D eigenvalue weighted by molar-refractivity contribution is -0.158. The van der Waals surface area contributed by atoms with Crippen LogP contribution in [0.25, 0.3) is 0 Å². The molecule has 0 aromatic heterocycles. The van der Waals surface area contributed by atoms with E-state index in [1.807, 2.05) is 27.7 Å². The molecule has 11 heteroatoms. The molecule has 0 aliphatic rings. The van der Waals surface area contributed by atoms with Crippen LogP contribution in [0.4, 0.5) is 9.59 Å². The molecule has 41 heavy (non-hydrogen) atoms. The molecular formula is C30H47NO10. The van der Waals surface area contributed by atoms with Crippen LogP contribution >= 0.6 is 0 Å². The maximum Gasteiger partial charge on any atom is 0.514 e. The summed E-state index contributed by atoms with van der Waals surface area (Å²) in [7, 11) is 0. The molecule has 232 valence electrons. The van der Waals surface area contributed by atoms with Crippen LogP contribution in [0.3, 0.4) is 0 Å². The van der Waals surface area contributed by atoms with Crippen molar-refractivity contribution in [1.82, 2.24) is 0 Å². The first kappa shape index (κ1) is 35.7. The average Bonchev–Trinajstić information content (AvgIpc) is 2.86. The highest BCUT2D eigenvalue weighted by Gasteiger charge is 2.26. The van der Waals surface area contributed by atoms with Crippen LogP contribution in [0.1, 0.15) is 93.6 Å². The molecule has 0 heterocycles. The fourth-order valence-electron chi connectivity index (χ4n) is 3.03. The molecular weight excluding hydrogens is 534 g/mol. The van der Waals surface area contributed by atoms with E-state index in [0.29, 0.717) is 30.7 Å². The van der Waals surface area contributed by atoms with Crippen LogP contribution in [0.2, 0.25) is 0 Å². The smallest absolute Gasteiger partial charge is 0.461 e. The summed E-state index contributed by atoms with van der Waals surface area (Å²) >= 11 is 0. The van der Waals surface area contributed by atoms with Gasteiger partial charge in [0.05, 0.1) is 0 Å². The molecule has 0 spiro atoms. The van der Waals surface area contributed by atoms with Crippen molar-refractivity contribution in [1.29, 1.82) is 0 Å². The van der Waals surface area contributed by atoms with Gasteiger partial charge in [-0.15, -0.1) is 0 Å². The van der Waals surface area contributed by atoms with E-state index in [9.17, 15) is 19.2 Å². The maximum absolute atomic E-state index is 12.5. The van der Waals surface area contributed by atoms with Gasteiger partial charge >= 0.3 is 24.2 Å².